The van der Waals surface area contributed by atoms with Gasteiger partial charge in [0.15, 0.2) is 5.79 Å². The number of piperidine rings is 2. The zero-order valence-electron chi connectivity index (χ0n) is 14.9. The van der Waals surface area contributed by atoms with Gasteiger partial charge >= 0.3 is 0 Å². The standard InChI is InChI=1S/C16H29N3O5S/c1-2-7-17-15(20)14-4-3-8-19(13-14)25(21,22)18-9-5-16(6-10-18)23-11-12-24-16/h14H,2-13H2,1H3,(H,17,20)/t14-/m1/s1. The van der Waals surface area contributed by atoms with E-state index in [1.165, 1.54) is 8.61 Å². The molecule has 8 nitrogen and oxygen atoms in total. The summed E-state index contributed by atoms with van der Waals surface area (Å²) < 4.78 is 40.2. The molecule has 1 amide bonds. The number of ether oxygens (including phenoxy) is 2. The van der Waals surface area contributed by atoms with Crippen molar-refractivity contribution >= 4 is 16.1 Å². The number of hydrogen-bond donors (Lipinski definition) is 1. The molecule has 25 heavy (non-hydrogen) atoms. The minimum atomic E-state index is -3.54. The Bertz CT molecular complexity index is 566. The van der Waals surface area contributed by atoms with Crippen LogP contribution in [0, 0.1) is 5.92 Å². The van der Waals surface area contributed by atoms with Gasteiger partial charge in [-0.1, -0.05) is 6.92 Å². The molecule has 0 aliphatic carbocycles. The lowest BCUT2D eigenvalue weighted by atomic mass is 9.99. The average Bonchev–Trinajstić information content (AvgIpc) is 3.08. The van der Waals surface area contributed by atoms with Crippen LogP contribution in [0.2, 0.25) is 0 Å². The summed E-state index contributed by atoms with van der Waals surface area (Å²) in [6.07, 6.45) is 3.45. The van der Waals surface area contributed by atoms with Gasteiger partial charge in [0.25, 0.3) is 10.2 Å². The molecule has 9 heteroatoms. The monoisotopic (exact) mass is 375 g/mol. The highest BCUT2D eigenvalue weighted by Crippen LogP contribution is 2.33. The van der Waals surface area contributed by atoms with E-state index in [2.05, 4.69) is 5.32 Å². The Kier molecular flexibility index (Phi) is 5.99. The first-order chi connectivity index (χ1) is 12.0. The number of rotatable bonds is 5. The highest BCUT2D eigenvalue weighted by Gasteiger charge is 2.44. The van der Waals surface area contributed by atoms with Gasteiger partial charge < -0.3 is 14.8 Å². The molecule has 0 aromatic heterocycles. The minimum absolute atomic E-state index is 0.0351. The Balaban J connectivity index is 1.59. The van der Waals surface area contributed by atoms with Crippen molar-refractivity contribution in [3.63, 3.8) is 0 Å². The number of carbonyl (C=O) groups is 1. The Hall–Kier alpha value is -0.740. The zero-order chi connectivity index (χ0) is 17.9. The first-order valence-electron chi connectivity index (χ1n) is 9.28. The molecule has 1 spiro atoms. The van der Waals surface area contributed by atoms with Crippen molar-refractivity contribution in [1.82, 2.24) is 13.9 Å². The number of nitrogens with zero attached hydrogens (tertiary/aromatic N) is 2. The summed E-state index contributed by atoms with van der Waals surface area (Å²) >= 11 is 0. The highest BCUT2D eigenvalue weighted by molar-refractivity contribution is 7.86. The van der Waals surface area contributed by atoms with E-state index < -0.39 is 16.0 Å². The van der Waals surface area contributed by atoms with Crippen LogP contribution >= 0.6 is 0 Å². The lowest BCUT2D eigenvalue weighted by Gasteiger charge is -2.40. The van der Waals surface area contributed by atoms with Gasteiger partial charge in [-0.25, -0.2) is 0 Å². The summed E-state index contributed by atoms with van der Waals surface area (Å²) in [6.45, 7) is 5.33. The molecule has 3 aliphatic rings. The molecule has 0 bridgehead atoms. The van der Waals surface area contributed by atoms with Crippen LogP contribution in [-0.4, -0.2) is 74.7 Å². The van der Waals surface area contributed by atoms with Crippen molar-refractivity contribution in [2.24, 2.45) is 5.92 Å². The molecule has 3 aliphatic heterocycles. The smallest absolute Gasteiger partial charge is 0.282 e. The summed E-state index contributed by atoms with van der Waals surface area (Å²) in [5.74, 6) is -0.879. The van der Waals surface area contributed by atoms with Crippen LogP contribution in [0.3, 0.4) is 0 Å². The molecular weight excluding hydrogens is 346 g/mol. The maximum absolute atomic E-state index is 13.0. The molecule has 3 heterocycles. The third kappa shape index (κ3) is 4.16. The topological polar surface area (TPSA) is 88.2 Å². The lowest BCUT2D eigenvalue weighted by molar-refractivity contribution is -0.179. The maximum atomic E-state index is 13.0. The van der Waals surface area contributed by atoms with Crippen molar-refractivity contribution in [3.05, 3.63) is 0 Å². The predicted molar refractivity (Wildman–Crippen MR) is 92.0 cm³/mol. The first kappa shape index (κ1) is 19.0. The molecule has 3 fully saturated rings. The van der Waals surface area contributed by atoms with E-state index in [-0.39, 0.29) is 18.4 Å². The Labute approximate surface area is 150 Å². The lowest BCUT2D eigenvalue weighted by Crippen LogP contribution is -2.54. The van der Waals surface area contributed by atoms with E-state index in [9.17, 15) is 13.2 Å². The summed E-state index contributed by atoms with van der Waals surface area (Å²) in [7, 11) is -3.54. The molecule has 3 rings (SSSR count). The highest BCUT2D eigenvalue weighted by atomic mass is 32.2. The van der Waals surface area contributed by atoms with E-state index in [0.717, 1.165) is 12.8 Å². The van der Waals surface area contributed by atoms with E-state index >= 15 is 0 Å². The largest absolute Gasteiger partial charge is 0.356 e. The first-order valence-corrected chi connectivity index (χ1v) is 10.7. The van der Waals surface area contributed by atoms with Crippen LogP contribution in [0.25, 0.3) is 0 Å². The van der Waals surface area contributed by atoms with Gasteiger partial charge in [0.2, 0.25) is 5.91 Å². The number of carbonyl (C=O) groups excluding carboxylic acids is 1. The molecule has 0 saturated carbocycles. The molecule has 3 saturated heterocycles. The SMILES string of the molecule is CCCNC(=O)[C@@H]1CCCN(S(=O)(=O)N2CCC3(CC2)OCCO3)C1. The van der Waals surface area contributed by atoms with Crippen molar-refractivity contribution < 1.29 is 22.7 Å². The van der Waals surface area contributed by atoms with Crippen molar-refractivity contribution in [2.45, 2.75) is 44.8 Å². The van der Waals surface area contributed by atoms with Crippen molar-refractivity contribution in [1.29, 1.82) is 0 Å². The van der Waals surface area contributed by atoms with Crippen molar-refractivity contribution in [3.8, 4) is 0 Å². The normalized spacial score (nSPS) is 28.3. The fraction of sp³-hybridized carbons (Fsp3) is 0.938. The quantitative estimate of drug-likeness (QED) is 0.747. The van der Waals surface area contributed by atoms with Crippen molar-refractivity contribution in [2.75, 3.05) is 45.9 Å². The molecule has 1 atom stereocenters. The second-order valence-corrected chi connectivity index (χ2v) is 8.93. The Morgan fingerprint density at radius 3 is 2.48 bits per heavy atom. The summed E-state index contributed by atoms with van der Waals surface area (Å²) in [5, 5.41) is 2.88. The van der Waals surface area contributed by atoms with Crippen LogP contribution in [0.5, 0.6) is 0 Å². The van der Waals surface area contributed by atoms with Gasteiger partial charge in [-0.15, -0.1) is 0 Å². The third-order valence-corrected chi connectivity index (χ3v) is 7.26. The molecule has 0 radical (unpaired) electrons. The second kappa shape index (κ2) is 7.87. The van der Waals surface area contributed by atoms with Crippen LogP contribution in [-0.2, 0) is 24.5 Å². The van der Waals surface area contributed by atoms with Crippen LogP contribution in [0.15, 0.2) is 0 Å². The zero-order valence-corrected chi connectivity index (χ0v) is 15.7. The fourth-order valence-electron chi connectivity index (χ4n) is 3.77. The van der Waals surface area contributed by atoms with Gasteiger partial charge in [-0.05, 0) is 19.3 Å². The number of amides is 1. The summed E-state index contributed by atoms with van der Waals surface area (Å²) in [5.41, 5.74) is 0. The molecular formula is C16H29N3O5S. The van der Waals surface area contributed by atoms with Crippen LogP contribution in [0.1, 0.15) is 39.0 Å². The van der Waals surface area contributed by atoms with E-state index in [4.69, 9.17) is 9.47 Å². The third-order valence-electron chi connectivity index (χ3n) is 5.25. The Morgan fingerprint density at radius 1 is 1.16 bits per heavy atom. The minimum Gasteiger partial charge on any atom is -0.356 e. The average molecular weight is 375 g/mol. The van der Waals surface area contributed by atoms with Gasteiger partial charge in [0, 0.05) is 45.6 Å². The predicted octanol–water partition coefficient (Wildman–Crippen LogP) is 0.308. The van der Waals surface area contributed by atoms with E-state index in [0.29, 0.717) is 58.7 Å². The molecule has 0 aromatic rings. The van der Waals surface area contributed by atoms with Gasteiger partial charge in [0.1, 0.15) is 0 Å². The van der Waals surface area contributed by atoms with E-state index in [1.54, 1.807) is 0 Å². The van der Waals surface area contributed by atoms with Gasteiger partial charge in [-0.2, -0.15) is 17.0 Å². The van der Waals surface area contributed by atoms with Gasteiger partial charge in [0.05, 0.1) is 19.1 Å². The molecule has 0 unspecified atom stereocenters. The van der Waals surface area contributed by atoms with Crippen LogP contribution < -0.4 is 5.32 Å². The summed E-state index contributed by atoms with van der Waals surface area (Å²) in [6, 6.07) is 0. The van der Waals surface area contributed by atoms with Crippen LogP contribution in [0.4, 0.5) is 0 Å². The Morgan fingerprint density at radius 2 is 1.84 bits per heavy atom. The van der Waals surface area contributed by atoms with E-state index in [1.807, 2.05) is 6.92 Å². The summed E-state index contributed by atoms with van der Waals surface area (Å²) in [4.78, 5) is 12.2. The second-order valence-electron chi connectivity index (χ2n) is 7.00. The fourth-order valence-corrected chi connectivity index (χ4v) is 5.46. The number of hydrogen-bond acceptors (Lipinski definition) is 5. The molecule has 0 aromatic carbocycles. The number of nitrogens with one attached hydrogen (secondary N) is 1. The maximum Gasteiger partial charge on any atom is 0.282 e. The molecule has 144 valence electrons. The molecule has 1 N–H and O–H groups in total. The van der Waals surface area contributed by atoms with Gasteiger partial charge in [-0.3, -0.25) is 4.79 Å².